The van der Waals surface area contributed by atoms with Crippen LogP contribution in [0.15, 0.2) is 12.1 Å². The monoisotopic (exact) mass is 178 g/mol. The number of rotatable bonds is 1. The summed E-state index contributed by atoms with van der Waals surface area (Å²) in [6.45, 7) is 0. The van der Waals surface area contributed by atoms with Crippen LogP contribution in [0.4, 0.5) is 0 Å². The van der Waals surface area contributed by atoms with Crippen LogP contribution in [0, 0.1) is 0 Å². The van der Waals surface area contributed by atoms with Gasteiger partial charge in [0.1, 0.15) is 0 Å². The third-order valence-electron chi connectivity index (χ3n) is 2.35. The summed E-state index contributed by atoms with van der Waals surface area (Å²) in [6.07, 6.45) is 1.20. The molecule has 0 amide bonds. The maximum atomic E-state index is 11.3. The quantitative estimate of drug-likeness (QED) is 0.709. The van der Waals surface area contributed by atoms with E-state index in [4.69, 9.17) is 4.74 Å². The lowest BCUT2D eigenvalue weighted by Crippen LogP contribution is -1.93. The normalized spacial score (nSPS) is 14.4. The fourth-order valence-corrected chi connectivity index (χ4v) is 1.73. The van der Waals surface area contributed by atoms with Gasteiger partial charge in [0, 0.05) is 17.5 Å². The summed E-state index contributed by atoms with van der Waals surface area (Å²) >= 11 is 0. The van der Waals surface area contributed by atoms with Crippen LogP contribution in [0.1, 0.15) is 22.3 Å². The fourth-order valence-electron chi connectivity index (χ4n) is 1.73. The van der Waals surface area contributed by atoms with Gasteiger partial charge in [-0.25, -0.2) is 0 Å². The van der Waals surface area contributed by atoms with Crippen LogP contribution in [0.3, 0.4) is 0 Å². The van der Waals surface area contributed by atoms with Crippen LogP contribution in [0.25, 0.3) is 0 Å². The van der Waals surface area contributed by atoms with E-state index < -0.39 is 0 Å². The maximum absolute atomic E-state index is 11.3. The summed E-state index contributed by atoms with van der Waals surface area (Å²) in [4.78, 5) is 11.3. The number of carbonyl (C=O) groups is 1. The largest absolute Gasteiger partial charge is 0.504 e. The predicted octanol–water partition coefficient (Wildman–Crippen LogP) is 1.53. The Morgan fingerprint density at radius 1 is 1.38 bits per heavy atom. The Morgan fingerprint density at radius 3 is 2.85 bits per heavy atom. The molecular formula is C10H10O3. The van der Waals surface area contributed by atoms with Crippen molar-refractivity contribution < 1.29 is 14.6 Å². The van der Waals surface area contributed by atoms with E-state index in [1.165, 1.54) is 13.2 Å². The first-order chi connectivity index (χ1) is 6.24. The number of Topliss-reactive ketones (excluding diaryl/α,β-unsaturated/α-hetero) is 1. The topological polar surface area (TPSA) is 46.5 Å². The van der Waals surface area contributed by atoms with E-state index in [9.17, 15) is 9.90 Å². The summed E-state index contributed by atoms with van der Waals surface area (Å²) in [5, 5.41) is 9.42. The zero-order valence-electron chi connectivity index (χ0n) is 7.33. The molecule has 68 valence electrons. The highest BCUT2D eigenvalue weighted by molar-refractivity contribution is 6.01. The van der Waals surface area contributed by atoms with Gasteiger partial charge in [0.05, 0.1) is 7.11 Å². The van der Waals surface area contributed by atoms with E-state index in [0.717, 1.165) is 5.56 Å². The average molecular weight is 178 g/mol. The minimum atomic E-state index is 0.107. The Hall–Kier alpha value is -1.51. The van der Waals surface area contributed by atoms with Crippen LogP contribution in [0.2, 0.25) is 0 Å². The molecule has 0 saturated carbocycles. The first-order valence-electron chi connectivity index (χ1n) is 4.16. The van der Waals surface area contributed by atoms with Gasteiger partial charge < -0.3 is 9.84 Å². The molecule has 0 radical (unpaired) electrons. The number of hydrogen-bond acceptors (Lipinski definition) is 3. The molecule has 2 rings (SSSR count). The Bertz CT molecular complexity index is 369. The molecule has 1 N–H and O–H groups in total. The van der Waals surface area contributed by atoms with E-state index in [1.54, 1.807) is 6.07 Å². The second-order valence-corrected chi connectivity index (χ2v) is 3.07. The van der Waals surface area contributed by atoms with E-state index in [1.807, 2.05) is 0 Å². The van der Waals surface area contributed by atoms with Crippen molar-refractivity contribution in [2.24, 2.45) is 0 Å². The number of fused-ring (bicyclic) bond motifs is 1. The standard InChI is InChI=1S/C10H10O3/c1-13-10-7-3-4-8(11)6(7)2-5-9(10)12/h2,5,12H,3-4H2,1H3. The summed E-state index contributed by atoms with van der Waals surface area (Å²) in [5.41, 5.74) is 1.53. The number of phenols is 1. The van der Waals surface area contributed by atoms with Gasteiger partial charge in [-0.2, -0.15) is 0 Å². The number of hydrogen-bond donors (Lipinski definition) is 1. The summed E-state index contributed by atoms with van der Waals surface area (Å²) in [5.74, 6) is 0.688. The van der Waals surface area contributed by atoms with Crippen molar-refractivity contribution in [2.75, 3.05) is 7.11 Å². The highest BCUT2D eigenvalue weighted by Crippen LogP contribution is 2.37. The molecule has 0 spiro atoms. The SMILES string of the molecule is COc1c(O)ccc2c1CCC2=O. The molecular weight excluding hydrogens is 168 g/mol. The zero-order chi connectivity index (χ0) is 9.42. The third-order valence-corrected chi connectivity index (χ3v) is 2.35. The number of ether oxygens (including phenoxy) is 1. The van der Waals surface area contributed by atoms with E-state index in [2.05, 4.69) is 0 Å². The molecule has 0 aliphatic heterocycles. The van der Waals surface area contributed by atoms with Gasteiger partial charge in [0.25, 0.3) is 0 Å². The highest BCUT2D eigenvalue weighted by Gasteiger charge is 2.24. The van der Waals surface area contributed by atoms with Crippen molar-refractivity contribution in [1.82, 2.24) is 0 Å². The fraction of sp³-hybridized carbons (Fsp3) is 0.300. The predicted molar refractivity (Wildman–Crippen MR) is 47.3 cm³/mol. The van der Waals surface area contributed by atoms with Crippen LogP contribution in [-0.4, -0.2) is 18.0 Å². The molecule has 3 nitrogen and oxygen atoms in total. The van der Waals surface area contributed by atoms with Gasteiger partial charge in [-0.1, -0.05) is 0 Å². The van der Waals surface area contributed by atoms with Crippen molar-refractivity contribution in [3.05, 3.63) is 23.3 Å². The van der Waals surface area contributed by atoms with Gasteiger partial charge in [0.2, 0.25) is 0 Å². The number of phenolic OH excluding ortho intramolecular Hbond substituents is 1. The second-order valence-electron chi connectivity index (χ2n) is 3.07. The molecule has 1 aliphatic carbocycles. The van der Waals surface area contributed by atoms with Crippen LogP contribution in [-0.2, 0) is 6.42 Å². The molecule has 1 aromatic rings. The van der Waals surface area contributed by atoms with Crippen LogP contribution >= 0.6 is 0 Å². The van der Waals surface area contributed by atoms with Gasteiger partial charge in [-0.05, 0) is 18.6 Å². The lowest BCUT2D eigenvalue weighted by atomic mass is 10.1. The number of aromatic hydroxyl groups is 1. The number of methoxy groups -OCH3 is 1. The molecule has 3 heteroatoms. The first kappa shape index (κ1) is 8.10. The van der Waals surface area contributed by atoms with E-state index in [-0.39, 0.29) is 11.5 Å². The van der Waals surface area contributed by atoms with Crippen molar-refractivity contribution in [1.29, 1.82) is 0 Å². The van der Waals surface area contributed by atoms with Gasteiger partial charge in [0.15, 0.2) is 17.3 Å². The molecule has 0 fully saturated rings. The Labute approximate surface area is 76.0 Å². The minimum Gasteiger partial charge on any atom is -0.504 e. The van der Waals surface area contributed by atoms with Crippen LogP contribution < -0.4 is 4.74 Å². The summed E-state index contributed by atoms with van der Waals surface area (Å²) in [6, 6.07) is 3.16. The van der Waals surface area contributed by atoms with Gasteiger partial charge >= 0.3 is 0 Å². The summed E-state index contributed by atoms with van der Waals surface area (Å²) in [7, 11) is 1.50. The third kappa shape index (κ3) is 1.08. The van der Waals surface area contributed by atoms with Gasteiger partial charge in [-0.15, -0.1) is 0 Å². The van der Waals surface area contributed by atoms with Gasteiger partial charge in [-0.3, -0.25) is 4.79 Å². The molecule has 13 heavy (non-hydrogen) atoms. The average Bonchev–Trinajstić information content (AvgIpc) is 2.48. The lowest BCUT2D eigenvalue weighted by molar-refractivity contribution is 0.0994. The Balaban J connectivity index is 2.64. The minimum absolute atomic E-state index is 0.107. The van der Waals surface area contributed by atoms with Crippen molar-refractivity contribution in [2.45, 2.75) is 12.8 Å². The zero-order valence-corrected chi connectivity index (χ0v) is 7.33. The lowest BCUT2D eigenvalue weighted by Gasteiger charge is -2.07. The second kappa shape index (κ2) is 2.76. The van der Waals surface area contributed by atoms with E-state index >= 15 is 0 Å². The highest BCUT2D eigenvalue weighted by atomic mass is 16.5. The summed E-state index contributed by atoms with van der Waals surface area (Å²) < 4.78 is 5.03. The van der Waals surface area contributed by atoms with E-state index in [0.29, 0.717) is 24.2 Å². The molecule has 1 aliphatic rings. The molecule has 1 aromatic carbocycles. The smallest absolute Gasteiger partial charge is 0.164 e. The molecule has 0 heterocycles. The Kier molecular flexibility index (Phi) is 1.72. The van der Waals surface area contributed by atoms with Crippen molar-refractivity contribution >= 4 is 5.78 Å². The Morgan fingerprint density at radius 2 is 2.15 bits per heavy atom. The van der Waals surface area contributed by atoms with Crippen molar-refractivity contribution in [3.8, 4) is 11.5 Å². The van der Waals surface area contributed by atoms with Crippen LogP contribution in [0.5, 0.6) is 11.5 Å². The molecule has 0 saturated heterocycles. The molecule has 0 aromatic heterocycles. The molecule has 0 bridgehead atoms. The first-order valence-corrected chi connectivity index (χ1v) is 4.16. The number of benzene rings is 1. The molecule has 0 unspecified atom stereocenters. The molecule has 0 atom stereocenters. The van der Waals surface area contributed by atoms with Crippen molar-refractivity contribution in [3.63, 3.8) is 0 Å². The number of carbonyl (C=O) groups excluding carboxylic acids is 1. The number of ketones is 1. The maximum Gasteiger partial charge on any atom is 0.164 e.